The zero-order valence-corrected chi connectivity index (χ0v) is 14.3. The molecule has 0 atom stereocenters. The summed E-state index contributed by atoms with van der Waals surface area (Å²) < 4.78 is 26.6. The predicted molar refractivity (Wildman–Crippen MR) is 82.9 cm³/mol. The second-order valence-electron chi connectivity index (χ2n) is 7.00. The highest BCUT2D eigenvalue weighted by molar-refractivity contribution is 7.90. The van der Waals surface area contributed by atoms with E-state index in [4.69, 9.17) is 0 Å². The molecule has 5 heteroatoms. The van der Waals surface area contributed by atoms with Gasteiger partial charge in [-0.1, -0.05) is 27.7 Å². The Bertz CT molecular complexity index is 343. The Labute approximate surface area is 119 Å². The van der Waals surface area contributed by atoms with E-state index >= 15 is 0 Å². The Morgan fingerprint density at radius 2 is 1.53 bits per heavy atom. The maximum absolute atomic E-state index is 12.3. The minimum absolute atomic E-state index is 0.000924. The summed E-state index contributed by atoms with van der Waals surface area (Å²) in [5.41, 5.74) is 0.000924. The molecule has 0 bridgehead atoms. The molecule has 0 heterocycles. The van der Waals surface area contributed by atoms with Crippen molar-refractivity contribution in [3.05, 3.63) is 0 Å². The molecule has 0 aliphatic rings. The van der Waals surface area contributed by atoms with Gasteiger partial charge in [-0.25, -0.2) is 13.1 Å². The van der Waals surface area contributed by atoms with Crippen molar-refractivity contribution in [3.63, 3.8) is 0 Å². The first-order chi connectivity index (χ1) is 8.52. The van der Waals surface area contributed by atoms with Gasteiger partial charge in [0.2, 0.25) is 10.0 Å². The average molecular weight is 292 g/mol. The van der Waals surface area contributed by atoms with Gasteiger partial charge < -0.3 is 5.32 Å². The summed E-state index contributed by atoms with van der Waals surface area (Å²) in [7, 11) is -3.26. The third-order valence-corrected chi connectivity index (χ3v) is 5.12. The molecule has 116 valence electrons. The van der Waals surface area contributed by atoms with Gasteiger partial charge >= 0.3 is 0 Å². The number of nitrogens with one attached hydrogen (secondary N) is 2. The molecule has 0 aliphatic carbocycles. The van der Waals surface area contributed by atoms with Crippen molar-refractivity contribution in [2.24, 2.45) is 5.41 Å². The van der Waals surface area contributed by atoms with Gasteiger partial charge in [-0.15, -0.1) is 0 Å². The number of rotatable bonds is 9. The van der Waals surface area contributed by atoms with Crippen molar-refractivity contribution in [2.75, 3.05) is 19.6 Å². The highest BCUT2D eigenvalue weighted by Crippen LogP contribution is 2.31. The number of hydrogen-bond acceptors (Lipinski definition) is 3. The second kappa shape index (κ2) is 7.60. The van der Waals surface area contributed by atoms with Crippen LogP contribution in [0, 0.1) is 5.41 Å². The SMILES string of the molecule is CCCNCCCNS(=O)(=O)C(C)(C)CC(C)(C)C. The van der Waals surface area contributed by atoms with E-state index in [9.17, 15) is 8.42 Å². The molecule has 0 aliphatic heterocycles. The Kier molecular flexibility index (Phi) is 7.55. The smallest absolute Gasteiger partial charge is 0.216 e. The molecule has 0 amide bonds. The number of sulfonamides is 1. The molecule has 0 radical (unpaired) electrons. The highest BCUT2D eigenvalue weighted by atomic mass is 32.2. The summed E-state index contributed by atoms with van der Waals surface area (Å²) in [5.74, 6) is 0. The van der Waals surface area contributed by atoms with E-state index < -0.39 is 14.8 Å². The van der Waals surface area contributed by atoms with Crippen molar-refractivity contribution in [3.8, 4) is 0 Å². The monoisotopic (exact) mass is 292 g/mol. The van der Waals surface area contributed by atoms with Crippen LogP contribution in [-0.2, 0) is 10.0 Å². The first-order valence-corrected chi connectivity index (χ1v) is 8.70. The minimum Gasteiger partial charge on any atom is -0.317 e. The van der Waals surface area contributed by atoms with Crippen LogP contribution in [0.15, 0.2) is 0 Å². The zero-order chi connectivity index (χ0) is 15.2. The van der Waals surface area contributed by atoms with Crippen LogP contribution in [-0.4, -0.2) is 32.8 Å². The van der Waals surface area contributed by atoms with E-state index in [0.717, 1.165) is 25.9 Å². The maximum Gasteiger partial charge on any atom is 0.216 e. The van der Waals surface area contributed by atoms with Gasteiger partial charge in [-0.2, -0.15) is 0 Å². The lowest BCUT2D eigenvalue weighted by Gasteiger charge is -2.32. The second-order valence-corrected chi connectivity index (χ2v) is 9.40. The van der Waals surface area contributed by atoms with Crippen LogP contribution in [0.4, 0.5) is 0 Å². The molecule has 0 aromatic rings. The van der Waals surface area contributed by atoms with E-state index in [1.807, 2.05) is 0 Å². The van der Waals surface area contributed by atoms with E-state index in [0.29, 0.717) is 13.0 Å². The fourth-order valence-corrected chi connectivity index (χ4v) is 3.72. The first kappa shape index (κ1) is 18.9. The Balaban J connectivity index is 4.23. The molecule has 0 aromatic carbocycles. The molecule has 0 spiro atoms. The topological polar surface area (TPSA) is 58.2 Å². The molecule has 0 saturated heterocycles. The lowest BCUT2D eigenvalue weighted by molar-refractivity contribution is 0.327. The van der Waals surface area contributed by atoms with E-state index in [2.05, 4.69) is 37.7 Å². The van der Waals surface area contributed by atoms with Gasteiger partial charge in [0, 0.05) is 6.54 Å². The van der Waals surface area contributed by atoms with Crippen LogP contribution in [0.25, 0.3) is 0 Å². The van der Waals surface area contributed by atoms with Gasteiger partial charge in [0.25, 0.3) is 0 Å². The minimum atomic E-state index is -3.26. The molecule has 4 nitrogen and oxygen atoms in total. The fraction of sp³-hybridized carbons (Fsp3) is 1.00. The van der Waals surface area contributed by atoms with Gasteiger partial charge in [0.1, 0.15) is 0 Å². The zero-order valence-electron chi connectivity index (χ0n) is 13.5. The van der Waals surface area contributed by atoms with Gasteiger partial charge in [-0.05, 0) is 51.6 Å². The Morgan fingerprint density at radius 1 is 0.947 bits per heavy atom. The Hall–Kier alpha value is -0.130. The van der Waals surface area contributed by atoms with Crippen molar-refractivity contribution < 1.29 is 8.42 Å². The average Bonchev–Trinajstić information content (AvgIpc) is 2.19. The third-order valence-electron chi connectivity index (χ3n) is 2.93. The lowest BCUT2D eigenvalue weighted by Crippen LogP contribution is -2.44. The van der Waals surface area contributed by atoms with Gasteiger partial charge in [-0.3, -0.25) is 0 Å². The maximum atomic E-state index is 12.3. The van der Waals surface area contributed by atoms with Crippen LogP contribution in [0.3, 0.4) is 0 Å². The van der Waals surface area contributed by atoms with Crippen LogP contribution >= 0.6 is 0 Å². The fourth-order valence-electron chi connectivity index (χ4n) is 2.29. The molecule has 2 N–H and O–H groups in total. The predicted octanol–water partition coefficient (Wildman–Crippen LogP) is 2.51. The van der Waals surface area contributed by atoms with Crippen molar-refractivity contribution in [2.45, 2.75) is 65.6 Å². The van der Waals surface area contributed by atoms with Crippen molar-refractivity contribution >= 4 is 10.0 Å². The van der Waals surface area contributed by atoms with Crippen molar-refractivity contribution in [1.29, 1.82) is 0 Å². The molecular weight excluding hydrogens is 260 g/mol. The highest BCUT2D eigenvalue weighted by Gasteiger charge is 2.37. The summed E-state index contributed by atoms with van der Waals surface area (Å²) in [6.07, 6.45) is 2.57. The third kappa shape index (κ3) is 7.90. The summed E-state index contributed by atoms with van der Waals surface area (Å²) in [6, 6.07) is 0. The molecular formula is C14H32N2O2S. The molecule has 0 fully saturated rings. The summed E-state index contributed by atoms with van der Waals surface area (Å²) in [6.45, 7) is 14.3. The first-order valence-electron chi connectivity index (χ1n) is 7.22. The molecule has 0 aromatic heterocycles. The quantitative estimate of drug-likeness (QED) is 0.642. The number of hydrogen-bond donors (Lipinski definition) is 2. The molecule has 0 saturated carbocycles. The lowest BCUT2D eigenvalue weighted by atomic mass is 9.86. The largest absolute Gasteiger partial charge is 0.317 e. The standard InChI is InChI=1S/C14H32N2O2S/c1-7-9-15-10-8-11-16-19(17,18)14(5,6)12-13(2,3)4/h15-16H,7-12H2,1-6H3. The Morgan fingerprint density at radius 3 is 2.00 bits per heavy atom. The molecule has 0 unspecified atom stereocenters. The molecule has 19 heavy (non-hydrogen) atoms. The van der Waals surface area contributed by atoms with E-state index in [1.54, 1.807) is 13.8 Å². The van der Waals surface area contributed by atoms with Crippen LogP contribution in [0.1, 0.15) is 60.8 Å². The van der Waals surface area contributed by atoms with Gasteiger partial charge in [0.05, 0.1) is 4.75 Å². The van der Waals surface area contributed by atoms with Crippen molar-refractivity contribution in [1.82, 2.24) is 10.0 Å². The van der Waals surface area contributed by atoms with Gasteiger partial charge in [0.15, 0.2) is 0 Å². The normalized spacial score (nSPS) is 13.8. The summed E-state index contributed by atoms with van der Waals surface area (Å²) in [4.78, 5) is 0. The van der Waals surface area contributed by atoms with Crippen LogP contribution < -0.4 is 10.0 Å². The van der Waals surface area contributed by atoms with E-state index in [1.165, 1.54) is 0 Å². The van der Waals surface area contributed by atoms with E-state index in [-0.39, 0.29) is 5.41 Å². The van der Waals surface area contributed by atoms with Crippen LogP contribution in [0.2, 0.25) is 0 Å². The summed E-state index contributed by atoms with van der Waals surface area (Å²) in [5, 5.41) is 3.26. The summed E-state index contributed by atoms with van der Waals surface area (Å²) >= 11 is 0. The van der Waals surface area contributed by atoms with Crippen LogP contribution in [0.5, 0.6) is 0 Å². The molecule has 0 rings (SSSR count).